The number of phenolic OH excluding ortho intramolecular Hbond substituents is 1. The molecule has 2 aromatic rings. The van der Waals surface area contributed by atoms with Gasteiger partial charge in [0.25, 0.3) is 0 Å². The molecule has 0 radical (unpaired) electrons. The number of hydrogen-bond acceptors (Lipinski definition) is 7. The lowest BCUT2D eigenvalue weighted by Crippen LogP contribution is -2.47. The molecule has 4 N–H and O–H groups in total. The Morgan fingerprint density at radius 1 is 1.03 bits per heavy atom. The van der Waals surface area contributed by atoms with Crippen molar-refractivity contribution in [3.63, 3.8) is 0 Å². The van der Waals surface area contributed by atoms with Crippen molar-refractivity contribution in [3.8, 4) is 5.75 Å². The monoisotopic (exact) mass is 443 g/mol. The van der Waals surface area contributed by atoms with Crippen molar-refractivity contribution in [2.75, 3.05) is 26.2 Å². The van der Waals surface area contributed by atoms with Crippen LogP contribution in [-0.4, -0.2) is 69.5 Å². The lowest BCUT2D eigenvalue weighted by atomic mass is 10.0. The third-order valence-corrected chi connectivity index (χ3v) is 4.81. The second-order valence-electron chi connectivity index (χ2n) is 7.03. The van der Waals surface area contributed by atoms with Crippen LogP contribution in [0.2, 0.25) is 0 Å². The summed E-state index contributed by atoms with van der Waals surface area (Å²) in [5.41, 5.74) is 2.60. The quantitative estimate of drug-likeness (QED) is 0.275. The molecule has 0 saturated carbocycles. The van der Waals surface area contributed by atoms with E-state index in [0.717, 1.165) is 11.1 Å². The van der Waals surface area contributed by atoms with Gasteiger partial charge in [-0.2, -0.15) is 4.99 Å². The van der Waals surface area contributed by atoms with E-state index in [1.54, 1.807) is 36.4 Å². The van der Waals surface area contributed by atoms with Crippen molar-refractivity contribution in [2.45, 2.75) is 18.9 Å². The normalized spacial score (nSPS) is 11.6. The third kappa shape index (κ3) is 9.06. The minimum absolute atomic E-state index is 0.170. The fourth-order valence-corrected chi connectivity index (χ4v) is 3.31. The number of aliphatic imine (C=N–C) groups is 1. The fourth-order valence-electron chi connectivity index (χ4n) is 3.21. The van der Waals surface area contributed by atoms with E-state index in [1.807, 2.05) is 17.0 Å². The number of hydrogen-bond donors (Lipinski definition) is 4. The van der Waals surface area contributed by atoms with Gasteiger partial charge in [-0.15, -0.1) is 0 Å². The minimum Gasteiger partial charge on any atom is -0.508 e. The van der Waals surface area contributed by atoms with Crippen molar-refractivity contribution >= 4 is 35.0 Å². The summed E-state index contributed by atoms with van der Waals surface area (Å²) >= 11 is 4.61. The molecule has 0 aromatic heterocycles. The number of benzene rings is 2. The van der Waals surface area contributed by atoms with E-state index in [1.165, 1.54) is 0 Å². The van der Waals surface area contributed by atoms with Crippen molar-refractivity contribution in [2.24, 2.45) is 4.99 Å². The molecule has 0 fully saturated rings. The molecule has 1 atom stereocenters. The highest BCUT2D eigenvalue weighted by Crippen LogP contribution is 2.16. The summed E-state index contributed by atoms with van der Waals surface area (Å²) in [6.45, 7) is 0.390. The minimum atomic E-state index is -0.977. The first-order chi connectivity index (χ1) is 14.9. The predicted octanol–water partition coefficient (Wildman–Crippen LogP) is 2.34. The Kier molecular flexibility index (Phi) is 9.80. The highest BCUT2D eigenvalue weighted by atomic mass is 32.1. The van der Waals surface area contributed by atoms with E-state index in [-0.39, 0.29) is 24.9 Å². The molecule has 0 aliphatic carbocycles. The van der Waals surface area contributed by atoms with Gasteiger partial charge in [0.15, 0.2) is 0 Å². The van der Waals surface area contributed by atoms with E-state index < -0.39 is 11.9 Å². The maximum Gasteiger partial charge on any atom is 0.317 e. The molecule has 0 spiro atoms. The number of rotatable bonds is 13. The van der Waals surface area contributed by atoms with Crippen molar-refractivity contribution in [3.05, 3.63) is 59.7 Å². The number of phenols is 1. The smallest absolute Gasteiger partial charge is 0.317 e. The standard InChI is InChI=1S/C22H25N3O5S/c26-20-7-3-16(4-8-20)9-10-25(14-22(29)30)19(12-23-13-21(27)28)11-17-1-5-18(6-2-17)24-15-31/h1-8,19,23,26H,9-14H2,(H,27,28)(H,29,30). The maximum atomic E-state index is 11.5. The van der Waals surface area contributed by atoms with Crippen LogP contribution in [-0.2, 0) is 22.4 Å². The molecule has 0 amide bonds. The zero-order chi connectivity index (χ0) is 22.6. The third-order valence-electron chi connectivity index (χ3n) is 4.72. The van der Waals surface area contributed by atoms with Crippen molar-refractivity contribution in [1.29, 1.82) is 0 Å². The number of carboxylic acid groups (broad SMARTS) is 2. The van der Waals surface area contributed by atoms with E-state index in [4.69, 9.17) is 5.11 Å². The van der Waals surface area contributed by atoms with Crippen LogP contribution in [0.3, 0.4) is 0 Å². The zero-order valence-electron chi connectivity index (χ0n) is 16.9. The number of carboxylic acids is 2. The van der Waals surface area contributed by atoms with Crippen LogP contribution in [0.4, 0.5) is 5.69 Å². The predicted molar refractivity (Wildman–Crippen MR) is 120 cm³/mol. The van der Waals surface area contributed by atoms with Gasteiger partial charge in [-0.1, -0.05) is 24.3 Å². The molecule has 0 bridgehead atoms. The summed E-state index contributed by atoms with van der Waals surface area (Å²) in [5.74, 6) is -1.77. The molecule has 9 heteroatoms. The van der Waals surface area contributed by atoms with Crippen LogP contribution in [0, 0.1) is 0 Å². The Balaban J connectivity index is 2.17. The SMILES string of the molecule is O=C(O)CNCC(Cc1ccc(N=C=S)cc1)N(CCc1ccc(O)cc1)CC(=O)O. The highest BCUT2D eigenvalue weighted by Gasteiger charge is 2.21. The van der Waals surface area contributed by atoms with E-state index in [9.17, 15) is 19.8 Å². The summed E-state index contributed by atoms with van der Waals surface area (Å²) in [6.07, 6.45) is 1.11. The van der Waals surface area contributed by atoms with Gasteiger partial charge in [0, 0.05) is 19.1 Å². The van der Waals surface area contributed by atoms with Crippen LogP contribution in [0.15, 0.2) is 53.5 Å². The molecule has 31 heavy (non-hydrogen) atoms. The number of thiocarbonyl (C=S) groups is 1. The highest BCUT2D eigenvalue weighted by molar-refractivity contribution is 7.78. The number of nitrogens with zero attached hydrogens (tertiary/aromatic N) is 2. The Hall–Kier alpha value is -3.10. The lowest BCUT2D eigenvalue weighted by molar-refractivity contribution is -0.139. The molecule has 2 rings (SSSR count). The molecule has 0 aliphatic heterocycles. The van der Waals surface area contributed by atoms with Gasteiger partial charge in [-0.05, 0) is 60.5 Å². The topological polar surface area (TPSA) is 122 Å². The van der Waals surface area contributed by atoms with E-state index >= 15 is 0 Å². The summed E-state index contributed by atoms with van der Waals surface area (Å²) in [7, 11) is 0. The maximum absolute atomic E-state index is 11.5. The lowest BCUT2D eigenvalue weighted by Gasteiger charge is -2.31. The first-order valence-electron chi connectivity index (χ1n) is 9.70. The van der Waals surface area contributed by atoms with Crippen LogP contribution >= 0.6 is 12.2 Å². The second-order valence-corrected chi connectivity index (χ2v) is 7.22. The molecule has 164 valence electrons. The number of aromatic hydroxyl groups is 1. The Labute approximate surface area is 185 Å². The summed E-state index contributed by atoms with van der Waals surface area (Å²) in [6, 6.07) is 13.9. The molecular weight excluding hydrogens is 418 g/mol. The Morgan fingerprint density at radius 2 is 1.68 bits per heavy atom. The summed E-state index contributed by atoms with van der Waals surface area (Å²) < 4.78 is 0. The molecular formula is C22H25N3O5S. The first kappa shape index (κ1) is 24.2. The Morgan fingerprint density at radius 3 is 2.26 bits per heavy atom. The van der Waals surface area contributed by atoms with Crippen LogP contribution in [0.25, 0.3) is 0 Å². The van der Waals surface area contributed by atoms with Crippen molar-refractivity contribution in [1.82, 2.24) is 10.2 Å². The van der Waals surface area contributed by atoms with Gasteiger partial charge in [0.1, 0.15) is 5.75 Å². The van der Waals surface area contributed by atoms with E-state index in [2.05, 4.69) is 27.7 Å². The van der Waals surface area contributed by atoms with Gasteiger partial charge in [0.05, 0.1) is 23.9 Å². The summed E-state index contributed by atoms with van der Waals surface area (Å²) in [5, 5.41) is 33.0. The fraction of sp³-hybridized carbons (Fsp3) is 0.318. The molecule has 8 nitrogen and oxygen atoms in total. The molecule has 2 aromatic carbocycles. The molecule has 1 unspecified atom stereocenters. The number of isothiocyanates is 1. The van der Waals surface area contributed by atoms with Crippen LogP contribution in [0.5, 0.6) is 5.75 Å². The zero-order valence-corrected chi connectivity index (χ0v) is 17.7. The number of nitrogens with one attached hydrogen (secondary N) is 1. The van der Waals surface area contributed by atoms with Gasteiger partial charge in [-0.25, -0.2) is 0 Å². The first-order valence-corrected chi connectivity index (χ1v) is 10.1. The van der Waals surface area contributed by atoms with Gasteiger partial charge >= 0.3 is 11.9 Å². The molecule has 0 saturated heterocycles. The second kappa shape index (κ2) is 12.6. The van der Waals surface area contributed by atoms with Gasteiger partial charge in [0.2, 0.25) is 0 Å². The number of aliphatic carboxylic acids is 2. The Bertz CT molecular complexity index is 912. The number of carbonyl (C=O) groups is 2. The largest absolute Gasteiger partial charge is 0.508 e. The average molecular weight is 444 g/mol. The van der Waals surface area contributed by atoms with Crippen LogP contribution in [0.1, 0.15) is 11.1 Å². The van der Waals surface area contributed by atoms with E-state index in [0.29, 0.717) is 31.6 Å². The average Bonchev–Trinajstić information content (AvgIpc) is 2.72. The van der Waals surface area contributed by atoms with Gasteiger partial charge in [-0.3, -0.25) is 14.5 Å². The van der Waals surface area contributed by atoms with Gasteiger partial charge < -0.3 is 20.6 Å². The van der Waals surface area contributed by atoms with Crippen LogP contribution < -0.4 is 5.32 Å². The summed E-state index contributed by atoms with van der Waals surface area (Å²) in [4.78, 5) is 28.2. The van der Waals surface area contributed by atoms with Crippen molar-refractivity contribution < 1.29 is 24.9 Å². The molecule has 0 heterocycles. The molecule has 0 aliphatic rings.